The highest BCUT2D eigenvalue weighted by atomic mass is 35.5. The van der Waals surface area contributed by atoms with Gasteiger partial charge in [-0.05, 0) is 25.0 Å². The third-order valence-corrected chi connectivity index (χ3v) is 6.17. The average Bonchev–Trinajstić information content (AvgIpc) is 2.35. The Kier molecular flexibility index (Phi) is 4.64. The van der Waals surface area contributed by atoms with Gasteiger partial charge in [-0.25, -0.2) is 31.7 Å². The molecular weight excluding hydrogens is 364 g/mol. The van der Waals surface area contributed by atoms with Gasteiger partial charge in [0.1, 0.15) is 9.79 Å². The Morgan fingerprint density at radius 1 is 1.26 bits per heavy atom. The van der Waals surface area contributed by atoms with E-state index in [2.05, 4.69) is 15.0 Å². The molecule has 11 heteroatoms. The first-order valence-electron chi connectivity index (χ1n) is 6.66. The molecule has 1 aromatic rings. The summed E-state index contributed by atoms with van der Waals surface area (Å²) in [6.07, 6.45) is 0. The Hall–Kier alpha value is -1.36. The normalized spacial score (nSPS) is 19.8. The SMILES string of the molecule is CC(C)C(C)N=C1Nc2cc(Cl)c(S(N)(=O)=O)cc2S(=O)(=O)N1. The summed E-state index contributed by atoms with van der Waals surface area (Å²) >= 11 is 5.89. The lowest BCUT2D eigenvalue weighted by molar-refractivity contribution is 0.529. The fraction of sp³-hybridized carbons (Fsp3) is 0.417. The zero-order valence-electron chi connectivity index (χ0n) is 12.7. The number of nitrogens with zero attached hydrogens (tertiary/aromatic N) is 1. The lowest BCUT2D eigenvalue weighted by atomic mass is 10.1. The summed E-state index contributed by atoms with van der Waals surface area (Å²) < 4.78 is 49.8. The summed E-state index contributed by atoms with van der Waals surface area (Å²) in [6.45, 7) is 5.75. The number of primary sulfonamides is 1. The number of hydrogen-bond donors (Lipinski definition) is 3. The molecule has 0 saturated heterocycles. The van der Waals surface area contributed by atoms with Crippen molar-refractivity contribution in [3.63, 3.8) is 0 Å². The molecule has 1 aromatic carbocycles. The molecular formula is C12H17ClN4O4S2. The Morgan fingerprint density at radius 3 is 2.39 bits per heavy atom. The van der Waals surface area contributed by atoms with Crippen LogP contribution in [-0.4, -0.2) is 28.8 Å². The van der Waals surface area contributed by atoms with Crippen molar-refractivity contribution in [3.05, 3.63) is 17.2 Å². The van der Waals surface area contributed by atoms with Crippen molar-refractivity contribution < 1.29 is 16.8 Å². The molecule has 0 radical (unpaired) electrons. The number of aliphatic imine (C=N–C) groups is 1. The maximum absolute atomic E-state index is 12.3. The Balaban J connectivity index is 2.58. The monoisotopic (exact) mass is 380 g/mol. The van der Waals surface area contributed by atoms with E-state index in [1.54, 1.807) is 0 Å². The first-order chi connectivity index (χ1) is 10.4. The van der Waals surface area contributed by atoms with Crippen LogP contribution in [0.4, 0.5) is 5.69 Å². The predicted molar refractivity (Wildman–Crippen MR) is 88.5 cm³/mol. The molecule has 1 aliphatic rings. The second kappa shape index (κ2) is 5.93. The van der Waals surface area contributed by atoms with E-state index in [0.29, 0.717) is 0 Å². The van der Waals surface area contributed by atoms with Crippen LogP contribution in [0.5, 0.6) is 0 Å². The van der Waals surface area contributed by atoms with Gasteiger partial charge >= 0.3 is 0 Å². The van der Waals surface area contributed by atoms with Gasteiger partial charge in [0.15, 0.2) is 0 Å². The molecule has 1 atom stereocenters. The van der Waals surface area contributed by atoms with Crippen molar-refractivity contribution in [2.24, 2.45) is 16.0 Å². The maximum atomic E-state index is 12.3. The molecule has 2 rings (SSSR count). The number of hydrogen-bond acceptors (Lipinski definition) is 5. The van der Waals surface area contributed by atoms with Crippen molar-refractivity contribution in [2.45, 2.75) is 36.6 Å². The van der Waals surface area contributed by atoms with E-state index in [1.807, 2.05) is 20.8 Å². The van der Waals surface area contributed by atoms with Gasteiger partial charge in [-0.2, -0.15) is 0 Å². The minimum Gasteiger partial charge on any atom is -0.324 e. The molecule has 0 aromatic heterocycles. The number of halogens is 1. The standard InChI is InChI=1S/C12H17ClN4O4S2/c1-6(2)7(3)15-12-16-9-4-8(13)10(22(14,18)19)5-11(9)23(20,21)17-12/h4-7H,1-3H3,(H2,14,18,19)(H2,15,16,17). The van der Waals surface area contributed by atoms with Gasteiger partial charge in [0.25, 0.3) is 10.0 Å². The quantitative estimate of drug-likeness (QED) is 0.722. The Morgan fingerprint density at radius 2 is 1.87 bits per heavy atom. The van der Waals surface area contributed by atoms with Crippen LogP contribution in [-0.2, 0) is 20.0 Å². The van der Waals surface area contributed by atoms with Crippen LogP contribution in [0.15, 0.2) is 26.9 Å². The van der Waals surface area contributed by atoms with Crippen molar-refractivity contribution in [2.75, 3.05) is 5.32 Å². The van der Waals surface area contributed by atoms with Gasteiger partial charge in [-0.15, -0.1) is 0 Å². The smallest absolute Gasteiger partial charge is 0.266 e. The average molecular weight is 381 g/mol. The second-order valence-corrected chi connectivity index (χ2v) is 9.10. The first kappa shape index (κ1) is 18.0. The van der Waals surface area contributed by atoms with Gasteiger partial charge in [-0.3, -0.25) is 0 Å². The minimum atomic E-state index is -4.14. The van der Waals surface area contributed by atoms with Crippen molar-refractivity contribution in [3.8, 4) is 0 Å². The van der Waals surface area contributed by atoms with Gasteiger partial charge in [-0.1, -0.05) is 25.4 Å². The zero-order valence-corrected chi connectivity index (χ0v) is 15.1. The van der Waals surface area contributed by atoms with Crippen LogP contribution in [0.25, 0.3) is 0 Å². The number of sulfonamides is 2. The number of fused-ring (bicyclic) bond motifs is 1. The topological polar surface area (TPSA) is 131 Å². The van der Waals surface area contributed by atoms with E-state index in [-0.39, 0.29) is 33.5 Å². The molecule has 23 heavy (non-hydrogen) atoms. The van der Waals surface area contributed by atoms with Crippen LogP contribution in [0.2, 0.25) is 5.02 Å². The summed E-state index contributed by atoms with van der Waals surface area (Å²) in [5, 5.41) is 7.66. The number of guanidine groups is 1. The van der Waals surface area contributed by atoms with Gasteiger partial charge in [0.2, 0.25) is 16.0 Å². The van der Waals surface area contributed by atoms with Crippen LogP contribution >= 0.6 is 11.6 Å². The van der Waals surface area contributed by atoms with Crippen molar-refractivity contribution >= 4 is 43.3 Å². The predicted octanol–water partition coefficient (Wildman–Crippen LogP) is 1.09. The molecule has 0 amide bonds. The third-order valence-electron chi connectivity index (χ3n) is 3.41. The van der Waals surface area contributed by atoms with E-state index in [4.69, 9.17) is 16.7 Å². The molecule has 0 saturated carbocycles. The minimum absolute atomic E-state index is 0.0538. The molecule has 0 aliphatic carbocycles. The number of nitrogens with one attached hydrogen (secondary N) is 2. The zero-order chi connectivity index (χ0) is 17.6. The van der Waals surface area contributed by atoms with E-state index >= 15 is 0 Å². The van der Waals surface area contributed by atoms with E-state index in [0.717, 1.165) is 6.07 Å². The lowest BCUT2D eigenvalue weighted by Gasteiger charge is -2.24. The summed E-state index contributed by atoms with van der Waals surface area (Å²) in [5.41, 5.74) is 0.135. The second-order valence-electron chi connectivity index (χ2n) is 5.52. The summed E-state index contributed by atoms with van der Waals surface area (Å²) in [4.78, 5) is 3.54. The van der Waals surface area contributed by atoms with Crippen molar-refractivity contribution in [1.82, 2.24) is 4.72 Å². The molecule has 128 valence electrons. The number of rotatable bonds is 3. The number of anilines is 1. The van der Waals surface area contributed by atoms with E-state index < -0.39 is 24.9 Å². The summed E-state index contributed by atoms with van der Waals surface area (Å²) in [7, 11) is -8.13. The van der Waals surface area contributed by atoms with Crippen LogP contribution in [0.1, 0.15) is 20.8 Å². The van der Waals surface area contributed by atoms with Crippen LogP contribution in [0.3, 0.4) is 0 Å². The largest absolute Gasteiger partial charge is 0.324 e. The Bertz CT molecular complexity index is 879. The molecule has 1 heterocycles. The van der Waals surface area contributed by atoms with Crippen LogP contribution < -0.4 is 15.2 Å². The van der Waals surface area contributed by atoms with Gasteiger partial charge in [0, 0.05) is 0 Å². The fourth-order valence-corrected chi connectivity index (χ4v) is 4.13. The first-order valence-corrected chi connectivity index (χ1v) is 10.1. The van der Waals surface area contributed by atoms with Gasteiger partial charge < -0.3 is 5.32 Å². The molecule has 1 aliphatic heterocycles. The van der Waals surface area contributed by atoms with E-state index in [9.17, 15) is 16.8 Å². The van der Waals surface area contributed by atoms with Crippen molar-refractivity contribution in [1.29, 1.82) is 0 Å². The summed E-state index contributed by atoms with van der Waals surface area (Å²) in [6, 6.07) is 2.00. The number of nitrogens with two attached hydrogens (primary N) is 1. The molecule has 4 N–H and O–H groups in total. The van der Waals surface area contributed by atoms with Crippen LogP contribution in [0, 0.1) is 5.92 Å². The van der Waals surface area contributed by atoms with Gasteiger partial charge in [0.05, 0.1) is 16.8 Å². The molecule has 0 fully saturated rings. The highest BCUT2D eigenvalue weighted by Gasteiger charge is 2.30. The lowest BCUT2D eigenvalue weighted by Crippen LogP contribution is -2.41. The molecule has 8 nitrogen and oxygen atoms in total. The Labute approximate surface area is 140 Å². The van der Waals surface area contributed by atoms with E-state index in [1.165, 1.54) is 6.07 Å². The molecule has 0 bridgehead atoms. The summed E-state index contributed by atoms with van der Waals surface area (Å²) in [5.74, 6) is 0.265. The fourth-order valence-electron chi connectivity index (χ4n) is 1.82. The maximum Gasteiger partial charge on any atom is 0.266 e. The third kappa shape index (κ3) is 3.77. The molecule has 0 spiro atoms. The highest BCUT2D eigenvalue weighted by molar-refractivity contribution is 7.90. The molecule has 1 unspecified atom stereocenters. The highest BCUT2D eigenvalue weighted by Crippen LogP contribution is 2.32. The number of benzene rings is 1.